The van der Waals surface area contributed by atoms with Crippen LogP contribution in [0.4, 0.5) is 13.2 Å². The lowest BCUT2D eigenvalue weighted by atomic mass is 10.4. The van der Waals surface area contributed by atoms with Gasteiger partial charge in [0.1, 0.15) is 24.4 Å². The SMILES string of the molecule is N#Cc1nc(CC(F)(F)F)[nH]c1C#N. The second-order valence-corrected chi connectivity index (χ2v) is 2.42. The molecule has 0 aliphatic carbocycles. The summed E-state index contributed by atoms with van der Waals surface area (Å²) in [7, 11) is 0. The minimum atomic E-state index is -4.41. The second-order valence-electron chi connectivity index (χ2n) is 2.42. The van der Waals surface area contributed by atoms with Gasteiger partial charge >= 0.3 is 6.18 Å². The van der Waals surface area contributed by atoms with Gasteiger partial charge in [-0.15, -0.1) is 0 Å². The van der Waals surface area contributed by atoms with Crippen molar-refractivity contribution in [2.45, 2.75) is 12.6 Å². The van der Waals surface area contributed by atoms with Crippen LogP contribution in [-0.2, 0) is 6.42 Å². The van der Waals surface area contributed by atoms with Crippen LogP contribution in [0.2, 0.25) is 0 Å². The minimum Gasteiger partial charge on any atom is -0.332 e. The van der Waals surface area contributed by atoms with Gasteiger partial charge in [-0.05, 0) is 0 Å². The van der Waals surface area contributed by atoms with Crippen LogP contribution in [-0.4, -0.2) is 16.1 Å². The molecule has 1 N–H and O–H groups in total. The molecule has 1 aromatic rings. The molecule has 0 spiro atoms. The molecule has 7 heteroatoms. The molecular formula is C7H3F3N4. The Kier molecular flexibility index (Phi) is 2.43. The first-order chi connectivity index (χ1) is 6.46. The lowest BCUT2D eigenvalue weighted by Gasteiger charge is -2.01. The molecule has 1 rings (SSSR count). The molecule has 0 aliphatic heterocycles. The Hall–Kier alpha value is -2.02. The molecule has 0 bridgehead atoms. The number of imidazole rings is 1. The summed E-state index contributed by atoms with van der Waals surface area (Å²) in [5.41, 5.74) is -0.557. The largest absolute Gasteiger partial charge is 0.396 e. The number of rotatable bonds is 1. The van der Waals surface area contributed by atoms with Crippen LogP contribution in [0, 0.1) is 22.7 Å². The first-order valence-electron chi connectivity index (χ1n) is 3.42. The van der Waals surface area contributed by atoms with Crippen LogP contribution in [0.5, 0.6) is 0 Å². The highest BCUT2D eigenvalue weighted by molar-refractivity contribution is 5.36. The molecule has 14 heavy (non-hydrogen) atoms. The summed E-state index contributed by atoms with van der Waals surface area (Å²) in [5, 5.41) is 16.8. The molecule has 72 valence electrons. The highest BCUT2D eigenvalue weighted by Crippen LogP contribution is 2.20. The summed E-state index contributed by atoms with van der Waals surface area (Å²) < 4.78 is 35.6. The fraction of sp³-hybridized carbons (Fsp3) is 0.286. The van der Waals surface area contributed by atoms with E-state index < -0.39 is 18.4 Å². The predicted molar refractivity (Wildman–Crippen MR) is 37.8 cm³/mol. The first-order valence-corrected chi connectivity index (χ1v) is 3.42. The molecule has 0 atom stereocenters. The zero-order valence-corrected chi connectivity index (χ0v) is 6.68. The van der Waals surface area contributed by atoms with Gasteiger partial charge in [0.2, 0.25) is 0 Å². The standard InChI is InChI=1S/C7H3F3N4/c8-7(9,10)1-6-13-4(2-11)5(3-12)14-6/h1H2,(H,13,14). The highest BCUT2D eigenvalue weighted by atomic mass is 19.4. The van der Waals surface area contributed by atoms with Gasteiger partial charge in [-0.3, -0.25) is 0 Å². The molecule has 4 nitrogen and oxygen atoms in total. The molecule has 0 aromatic carbocycles. The van der Waals surface area contributed by atoms with Crippen molar-refractivity contribution >= 4 is 0 Å². The number of H-pyrrole nitrogens is 1. The van der Waals surface area contributed by atoms with E-state index in [9.17, 15) is 13.2 Å². The number of aromatic amines is 1. The van der Waals surface area contributed by atoms with Gasteiger partial charge in [-0.2, -0.15) is 23.7 Å². The maximum atomic E-state index is 11.9. The average Bonchev–Trinajstić information content (AvgIpc) is 2.43. The highest BCUT2D eigenvalue weighted by Gasteiger charge is 2.30. The van der Waals surface area contributed by atoms with Crippen LogP contribution in [0.15, 0.2) is 0 Å². The molecule has 0 unspecified atom stereocenters. The van der Waals surface area contributed by atoms with Crippen molar-refractivity contribution in [1.82, 2.24) is 9.97 Å². The maximum absolute atomic E-state index is 11.9. The number of nitriles is 2. The van der Waals surface area contributed by atoms with E-state index >= 15 is 0 Å². The van der Waals surface area contributed by atoms with Crippen LogP contribution in [0.25, 0.3) is 0 Å². The molecule has 1 aromatic heterocycles. The summed E-state index contributed by atoms with van der Waals surface area (Å²) >= 11 is 0. The zero-order valence-electron chi connectivity index (χ0n) is 6.68. The number of halogens is 3. The van der Waals surface area contributed by atoms with Crippen molar-refractivity contribution in [1.29, 1.82) is 10.5 Å². The summed E-state index contributed by atoms with van der Waals surface area (Å²) in [6.07, 6.45) is -5.68. The van der Waals surface area contributed by atoms with Crippen molar-refractivity contribution < 1.29 is 13.2 Å². The van der Waals surface area contributed by atoms with Crippen LogP contribution < -0.4 is 0 Å². The lowest BCUT2D eigenvalue weighted by Crippen LogP contribution is -2.12. The third kappa shape index (κ3) is 2.23. The summed E-state index contributed by atoms with van der Waals surface area (Å²) in [6, 6.07) is 3.07. The van der Waals surface area contributed by atoms with Crippen molar-refractivity contribution in [2.75, 3.05) is 0 Å². The number of alkyl halides is 3. The molecular weight excluding hydrogens is 197 g/mol. The summed E-state index contributed by atoms with van der Waals surface area (Å²) in [4.78, 5) is 5.45. The molecule has 0 fully saturated rings. The molecule has 1 heterocycles. The van der Waals surface area contributed by atoms with E-state index in [1.807, 2.05) is 0 Å². The Balaban J connectivity index is 2.99. The Bertz CT molecular complexity index is 386. The van der Waals surface area contributed by atoms with Gasteiger partial charge < -0.3 is 4.98 Å². The van der Waals surface area contributed by atoms with Crippen molar-refractivity contribution in [2.24, 2.45) is 0 Å². The van der Waals surface area contributed by atoms with Crippen molar-refractivity contribution in [3.63, 3.8) is 0 Å². The lowest BCUT2D eigenvalue weighted by molar-refractivity contribution is -0.128. The van der Waals surface area contributed by atoms with E-state index in [-0.39, 0.29) is 11.4 Å². The summed E-state index contributed by atoms with van der Waals surface area (Å²) in [5.74, 6) is -0.425. The molecule has 0 amide bonds. The molecule has 0 radical (unpaired) electrons. The number of hydrogen-bond donors (Lipinski definition) is 1. The number of nitrogens with one attached hydrogen (secondary N) is 1. The van der Waals surface area contributed by atoms with Gasteiger partial charge in [-0.25, -0.2) is 4.98 Å². The van der Waals surface area contributed by atoms with E-state index in [2.05, 4.69) is 9.97 Å². The van der Waals surface area contributed by atoms with E-state index in [1.54, 1.807) is 6.07 Å². The zero-order chi connectivity index (χ0) is 10.8. The fourth-order valence-corrected chi connectivity index (χ4v) is 0.858. The van der Waals surface area contributed by atoms with Gasteiger partial charge in [-0.1, -0.05) is 0 Å². The topological polar surface area (TPSA) is 76.3 Å². The number of hydrogen-bond acceptors (Lipinski definition) is 3. The smallest absolute Gasteiger partial charge is 0.332 e. The Morgan fingerprint density at radius 1 is 1.29 bits per heavy atom. The minimum absolute atomic E-state index is 0.244. The third-order valence-corrected chi connectivity index (χ3v) is 1.34. The van der Waals surface area contributed by atoms with E-state index in [0.717, 1.165) is 0 Å². The Labute approximate surface area is 76.6 Å². The van der Waals surface area contributed by atoms with Crippen LogP contribution in [0.3, 0.4) is 0 Å². The quantitative estimate of drug-likeness (QED) is 0.741. The molecule has 0 saturated carbocycles. The average molecular weight is 200 g/mol. The first kappa shape index (κ1) is 10.1. The normalized spacial score (nSPS) is 10.6. The Morgan fingerprint density at radius 2 is 1.93 bits per heavy atom. The monoisotopic (exact) mass is 200 g/mol. The molecule has 0 aliphatic rings. The Morgan fingerprint density at radius 3 is 2.29 bits per heavy atom. The van der Waals surface area contributed by atoms with Gasteiger partial charge in [0.05, 0.1) is 0 Å². The van der Waals surface area contributed by atoms with E-state index in [4.69, 9.17) is 10.5 Å². The third-order valence-electron chi connectivity index (χ3n) is 1.34. The summed E-state index contributed by atoms with van der Waals surface area (Å²) in [6.45, 7) is 0. The van der Waals surface area contributed by atoms with Crippen LogP contribution in [0.1, 0.15) is 17.2 Å². The van der Waals surface area contributed by atoms with Gasteiger partial charge in [0.25, 0.3) is 0 Å². The van der Waals surface area contributed by atoms with E-state index in [1.165, 1.54) is 6.07 Å². The molecule has 0 saturated heterocycles. The predicted octanol–water partition coefficient (Wildman–Crippen LogP) is 1.26. The number of aromatic nitrogens is 2. The van der Waals surface area contributed by atoms with E-state index in [0.29, 0.717) is 0 Å². The maximum Gasteiger partial charge on any atom is 0.396 e. The van der Waals surface area contributed by atoms with Gasteiger partial charge in [0, 0.05) is 0 Å². The fourth-order valence-electron chi connectivity index (χ4n) is 0.858. The van der Waals surface area contributed by atoms with Gasteiger partial charge in [0.15, 0.2) is 11.4 Å². The van der Waals surface area contributed by atoms with Crippen molar-refractivity contribution in [3.05, 3.63) is 17.2 Å². The van der Waals surface area contributed by atoms with Crippen LogP contribution >= 0.6 is 0 Å². The number of nitrogens with zero attached hydrogens (tertiary/aromatic N) is 3. The van der Waals surface area contributed by atoms with Crippen molar-refractivity contribution in [3.8, 4) is 12.1 Å². The second kappa shape index (κ2) is 3.38.